The number of likely N-dealkylation sites (tertiary alicyclic amines) is 1. The number of H-pyrrole nitrogens is 1. The molecule has 1 aromatic carbocycles. The summed E-state index contributed by atoms with van der Waals surface area (Å²) in [5, 5.41) is 13.2. The average Bonchev–Trinajstić information content (AvgIpc) is 3.33. The van der Waals surface area contributed by atoms with Gasteiger partial charge in [-0.2, -0.15) is 10.2 Å². The zero-order chi connectivity index (χ0) is 22.4. The van der Waals surface area contributed by atoms with Gasteiger partial charge in [0.05, 0.1) is 23.4 Å². The zero-order valence-electron chi connectivity index (χ0n) is 19.0. The molecule has 8 heteroatoms. The first kappa shape index (κ1) is 20.8. The molecule has 0 amide bonds. The number of aromatic nitrogens is 6. The SMILES string of the molecule is Cc1nn(C)c(C)c1-c1cc(C2CCN(Cc3nc(C)c4cc(F)ccc4n3)CC2)[nH]n1. The standard InChI is InChI=1S/C24H28FN7/c1-14-19-11-18(25)5-6-20(19)27-23(26-14)13-32-9-7-17(8-10-32)21-12-22(29-28-21)24-15(2)30-31(4)16(24)3/h5-6,11-12,17H,7-10,13H2,1-4H3,(H,28,29). The topological polar surface area (TPSA) is 75.5 Å². The van der Waals surface area contributed by atoms with Crippen LogP contribution in [0, 0.1) is 26.6 Å². The lowest BCUT2D eigenvalue weighted by atomic mass is 9.93. The van der Waals surface area contributed by atoms with Crippen LogP contribution in [0.5, 0.6) is 0 Å². The molecule has 0 radical (unpaired) electrons. The van der Waals surface area contributed by atoms with E-state index in [0.29, 0.717) is 12.5 Å². The highest BCUT2D eigenvalue weighted by Gasteiger charge is 2.24. The first-order valence-corrected chi connectivity index (χ1v) is 11.1. The Balaban J connectivity index is 1.26. The van der Waals surface area contributed by atoms with Crippen LogP contribution in [-0.2, 0) is 13.6 Å². The van der Waals surface area contributed by atoms with E-state index < -0.39 is 0 Å². The third-order valence-electron chi connectivity index (χ3n) is 6.65. The van der Waals surface area contributed by atoms with Crippen molar-refractivity contribution in [1.82, 2.24) is 34.8 Å². The number of hydrogen-bond acceptors (Lipinski definition) is 5. The van der Waals surface area contributed by atoms with Gasteiger partial charge < -0.3 is 0 Å². The highest BCUT2D eigenvalue weighted by Crippen LogP contribution is 2.31. The van der Waals surface area contributed by atoms with Crippen molar-refractivity contribution in [3.05, 3.63) is 58.7 Å². The fourth-order valence-electron chi connectivity index (χ4n) is 4.80. The van der Waals surface area contributed by atoms with E-state index >= 15 is 0 Å². The summed E-state index contributed by atoms with van der Waals surface area (Å²) >= 11 is 0. The van der Waals surface area contributed by atoms with E-state index in [9.17, 15) is 4.39 Å². The third-order valence-corrected chi connectivity index (χ3v) is 6.65. The molecule has 4 aromatic rings. The maximum Gasteiger partial charge on any atom is 0.143 e. The maximum absolute atomic E-state index is 13.5. The monoisotopic (exact) mass is 433 g/mol. The molecule has 166 valence electrons. The summed E-state index contributed by atoms with van der Waals surface area (Å²) in [4.78, 5) is 11.7. The van der Waals surface area contributed by atoms with Crippen molar-refractivity contribution in [2.24, 2.45) is 7.05 Å². The van der Waals surface area contributed by atoms with Crippen LogP contribution in [0.15, 0.2) is 24.3 Å². The van der Waals surface area contributed by atoms with Gasteiger partial charge in [-0.1, -0.05) is 0 Å². The van der Waals surface area contributed by atoms with E-state index in [1.165, 1.54) is 17.8 Å². The quantitative estimate of drug-likeness (QED) is 0.522. The maximum atomic E-state index is 13.5. The summed E-state index contributed by atoms with van der Waals surface area (Å²) in [6, 6.07) is 6.88. The van der Waals surface area contributed by atoms with Crippen LogP contribution in [-0.4, -0.2) is 47.9 Å². The van der Waals surface area contributed by atoms with E-state index in [2.05, 4.69) is 43.2 Å². The van der Waals surface area contributed by atoms with Crippen molar-refractivity contribution < 1.29 is 4.39 Å². The van der Waals surface area contributed by atoms with Gasteiger partial charge in [0, 0.05) is 41.0 Å². The summed E-state index contributed by atoms with van der Waals surface area (Å²) in [6.45, 7) is 8.70. The molecule has 4 heterocycles. The van der Waals surface area contributed by atoms with Gasteiger partial charge in [-0.25, -0.2) is 14.4 Å². The Kier molecular flexibility index (Phi) is 5.25. The van der Waals surface area contributed by atoms with Gasteiger partial charge in [0.25, 0.3) is 0 Å². The summed E-state index contributed by atoms with van der Waals surface area (Å²) in [5.74, 6) is 1.01. The molecule has 1 aliphatic heterocycles. The van der Waals surface area contributed by atoms with Crippen LogP contribution in [0.2, 0.25) is 0 Å². The first-order chi connectivity index (χ1) is 15.4. The molecule has 0 unspecified atom stereocenters. The van der Waals surface area contributed by atoms with Crippen molar-refractivity contribution in [3.8, 4) is 11.3 Å². The second-order valence-electron chi connectivity index (χ2n) is 8.82. The Morgan fingerprint density at radius 2 is 1.84 bits per heavy atom. The van der Waals surface area contributed by atoms with Crippen molar-refractivity contribution in [3.63, 3.8) is 0 Å². The number of rotatable bonds is 4. The lowest BCUT2D eigenvalue weighted by Gasteiger charge is -2.30. The zero-order valence-corrected chi connectivity index (χ0v) is 19.0. The molecule has 0 aliphatic carbocycles. The van der Waals surface area contributed by atoms with E-state index in [0.717, 1.165) is 71.0 Å². The molecule has 32 heavy (non-hydrogen) atoms. The molecule has 0 saturated carbocycles. The molecular weight excluding hydrogens is 405 g/mol. The number of halogens is 1. The van der Waals surface area contributed by atoms with Gasteiger partial charge in [-0.15, -0.1) is 0 Å². The van der Waals surface area contributed by atoms with E-state index in [1.807, 2.05) is 25.6 Å². The van der Waals surface area contributed by atoms with E-state index in [-0.39, 0.29) is 5.82 Å². The van der Waals surface area contributed by atoms with Gasteiger partial charge >= 0.3 is 0 Å². The molecule has 0 bridgehead atoms. The minimum Gasteiger partial charge on any atom is -0.296 e. The number of piperidine rings is 1. The fourth-order valence-corrected chi connectivity index (χ4v) is 4.80. The molecule has 0 atom stereocenters. The van der Waals surface area contributed by atoms with Gasteiger partial charge in [-0.3, -0.25) is 14.7 Å². The number of fused-ring (bicyclic) bond motifs is 1. The lowest BCUT2D eigenvalue weighted by molar-refractivity contribution is 0.199. The third kappa shape index (κ3) is 3.79. The van der Waals surface area contributed by atoms with Crippen LogP contribution in [0.25, 0.3) is 22.2 Å². The Bertz CT molecular complexity index is 1280. The van der Waals surface area contributed by atoms with Gasteiger partial charge in [0.1, 0.15) is 11.6 Å². The van der Waals surface area contributed by atoms with Crippen LogP contribution >= 0.6 is 0 Å². The average molecular weight is 434 g/mol. The van der Waals surface area contributed by atoms with Crippen LogP contribution in [0.1, 0.15) is 47.4 Å². The highest BCUT2D eigenvalue weighted by molar-refractivity contribution is 5.80. The number of aromatic amines is 1. The molecule has 0 spiro atoms. The van der Waals surface area contributed by atoms with Crippen LogP contribution in [0.4, 0.5) is 4.39 Å². The van der Waals surface area contributed by atoms with Gasteiger partial charge in [-0.05, 0) is 71.0 Å². The Labute approximate surface area is 186 Å². The molecule has 5 rings (SSSR count). The molecule has 1 aliphatic rings. The molecule has 1 saturated heterocycles. The predicted octanol–water partition coefficient (Wildman–Crippen LogP) is 4.20. The summed E-state index contributed by atoms with van der Waals surface area (Å²) in [5.41, 5.74) is 7.05. The van der Waals surface area contributed by atoms with Crippen molar-refractivity contribution in [2.75, 3.05) is 13.1 Å². The minimum absolute atomic E-state index is 0.255. The van der Waals surface area contributed by atoms with E-state index in [4.69, 9.17) is 0 Å². The Hall–Kier alpha value is -3.13. The summed E-state index contributed by atoms with van der Waals surface area (Å²) in [6.07, 6.45) is 2.12. The number of aryl methyl sites for hydroxylation is 3. The number of hydrogen-bond donors (Lipinski definition) is 1. The predicted molar refractivity (Wildman–Crippen MR) is 122 cm³/mol. The summed E-state index contributed by atoms with van der Waals surface area (Å²) < 4.78 is 15.4. The second-order valence-corrected chi connectivity index (χ2v) is 8.82. The smallest absolute Gasteiger partial charge is 0.143 e. The highest BCUT2D eigenvalue weighted by atomic mass is 19.1. The van der Waals surface area contributed by atoms with Crippen molar-refractivity contribution >= 4 is 10.9 Å². The molecule has 1 N–H and O–H groups in total. The lowest BCUT2D eigenvalue weighted by Crippen LogP contribution is -2.33. The van der Waals surface area contributed by atoms with Crippen molar-refractivity contribution in [1.29, 1.82) is 0 Å². The first-order valence-electron chi connectivity index (χ1n) is 11.1. The number of nitrogens with one attached hydrogen (secondary N) is 1. The van der Waals surface area contributed by atoms with Gasteiger partial charge in [0.15, 0.2) is 0 Å². The Morgan fingerprint density at radius 3 is 2.56 bits per heavy atom. The van der Waals surface area contributed by atoms with Gasteiger partial charge in [0.2, 0.25) is 0 Å². The molecule has 7 nitrogen and oxygen atoms in total. The van der Waals surface area contributed by atoms with Crippen LogP contribution < -0.4 is 0 Å². The number of benzene rings is 1. The normalized spacial score (nSPS) is 15.7. The Morgan fingerprint density at radius 1 is 1.06 bits per heavy atom. The fraction of sp³-hybridized carbons (Fsp3) is 0.417. The molecule has 3 aromatic heterocycles. The summed E-state index contributed by atoms with van der Waals surface area (Å²) in [7, 11) is 1.97. The molecule has 1 fully saturated rings. The van der Waals surface area contributed by atoms with E-state index in [1.54, 1.807) is 6.07 Å². The second kappa shape index (κ2) is 8.09. The largest absolute Gasteiger partial charge is 0.296 e. The molecular formula is C24H28FN7. The number of nitrogens with zero attached hydrogens (tertiary/aromatic N) is 6. The van der Waals surface area contributed by atoms with Crippen molar-refractivity contribution in [2.45, 2.75) is 46.1 Å². The van der Waals surface area contributed by atoms with Crippen LogP contribution in [0.3, 0.4) is 0 Å². The minimum atomic E-state index is -0.255.